The summed E-state index contributed by atoms with van der Waals surface area (Å²) in [4.78, 5) is 55.7. The van der Waals surface area contributed by atoms with E-state index in [0.717, 1.165) is 29.7 Å². The van der Waals surface area contributed by atoms with Gasteiger partial charge in [0.05, 0.1) is 5.69 Å². The molecule has 0 atom stereocenters. The van der Waals surface area contributed by atoms with Crippen molar-refractivity contribution >= 4 is 23.6 Å². The third-order valence-corrected chi connectivity index (χ3v) is 7.63. The van der Waals surface area contributed by atoms with E-state index >= 15 is 0 Å². The number of pyridine rings is 1. The highest BCUT2D eigenvalue weighted by molar-refractivity contribution is 6.08. The lowest BCUT2D eigenvalue weighted by Crippen LogP contribution is -2.51. The highest BCUT2D eigenvalue weighted by atomic mass is 16.5. The van der Waals surface area contributed by atoms with Crippen LogP contribution in [0.4, 0.5) is 4.79 Å². The number of carbonyl (C=O) groups is 3. The van der Waals surface area contributed by atoms with Gasteiger partial charge in [0.2, 0.25) is 0 Å². The van der Waals surface area contributed by atoms with Crippen molar-refractivity contribution in [2.45, 2.75) is 71.9 Å². The van der Waals surface area contributed by atoms with Crippen LogP contribution in [0.1, 0.15) is 64.1 Å². The molecule has 2 aromatic heterocycles. The van der Waals surface area contributed by atoms with Crippen molar-refractivity contribution in [3.63, 3.8) is 0 Å². The summed E-state index contributed by atoms with van der Waals surface area (Å²) < 4.78 is 6.66. The van der Waals surface area contributed by atoms with Crippen molar-refractivity contribution < 1.29 is 19.1 Å². The van der Waals surface area contributed by atoms with Crippen molar-refractivity contribution in [3.8, 4) is 0 Å². The Kier molecular flexibility index (Phi) is 6.22. The van der Waals surface area contributed by atoms with Crippen LogP contribution in [0.25, 0.3) is 5.65 Å². The zero-order chi connectivity index (χ0) is 24.7. The maximum absolute atomic E-state index is 13.1. The minimum atomic E-state index is -0.926. The summed E-state index contributed by atoms with van der Waals surface area (Å²) in [5.41, 5.74) is 0.649. The van der Waals surface area contributed by atoms with Gasteiger partial charge in [-0.3, -0.25) is 23.7 Å². The first-order valence-electron chi connectivity index (χ1n) is 11.8. The second kappa shape index (κ2) is 8.85. The van der Waals surface area contributed by atoms with Crippen LogP contribution in [0, 0.1) is 18.3 Å². The number of hydrogen-bond donors (Lipinski definition) is 1. The minimum Gasteiger partial charge on any atom is -0.458 e. The molecule has 1 aliphatic carbocycles. The van der Waals surface area contributed by atoms with Gasteiger partial charge in [-0.15, -0.1) is 0 Å². The topological polar surface area (TPSA) is 110 Å². The molecule has 9 heteroatoms. The Hall–Kier alpha value is -3.23. The molecule has 0 radical (unpaired) electrons. The van der Waals surface area contributed by atoms with E-state index in [1.165, 1.54) is 10.5 Å². The molecule has 1 spiro atoms. The average molecular weight is 469 g/mol. The second-order valence-electron chi connectivity index (χ2n) is 10.2. The van der Waals surface area contributed by atoms with Crippen molar-refractivity contribution in [1.29, 1.82) is 0 Å². The van der Waals surface area contributed by atoms with Crippen LogP contribution in [0.3, 0.4) is 0 Å². The van der Waals surface area contributed by atoms with E-state index in [9.17, 15) is 19.2 Å². The molecule has 0 aromatic carbocycles. The molecule has 2 aromatic rings. The van der Waals surface area contributed by atoms with Gasteiger partial charge < -0.3 is 10.1 Å². The summed E-state index contributed by atoms with van der Waals surface area (Å²) in [6, 6.07) is 4.29. The molecule has 3 amide bonds. The highest BCUT2D eigenvalue weighted by Crippen LogP contribution is 2.45. The number of carbonyl (C=O) groups excluding carboxylic acids is 3. The Balaban J connectivity index is 1.37. The zero-order valence-electron chi connectivity index (χ0n) is 20.2. The molecule has 9 nitrogen and oxygen atoms in total. The Morgan fingerprint density at radius 3 is 2.62 bits per heavy atom. The molecule has 1 saturated carbocycles. The van der Waals surface area contributed by atoms with Gasteiger partial charge in [0.1, 0.15) is 24.3 Å². The second-order valence-corrected chi connectivity index (χ2v) is 10.2. The number of fused-ring (bicyclic) bond motifs is 1. The van der Waals surface area contributed by atoms with Crippen LogP contribution in [-0.2, 0) is 20.9 Å². The third kappa shape index (κ3) is 4.43. The van der Waals surface area contributed by atoms with Crippen LogP contribution in [0.2, 0.25) is 0 Å². The van der Waals surface area contributed by atoms with Gasteiger partial charge in [-0.2, -0.15) is 0 Å². The number of esters is 1. The van der Waals surface area contributed by atoms with Gasteiger partial charge in [-0.1, -0.05) is 33.3 Å². The van der Waals surface area contributed by atoms with Crippen LogP contribution in [-0.4, -0.2) is 44.3 Å². The van der Waals surface area contributed by atoms with Gasteiger partial charge >= 0.3 is 12.0 Å². The third-order valence-electron chi connectivity index (χ3n) is 7.63. The molecule has 0 unspecified atom stereocenters. The molecule has 1 aliphatic heterocycles. The summed E-state index contributed by atoms with van der Waals surface area (Å²) in [7, 11) is 0. The fourth-order valence-electron chi connectivity index (χ4n) is 5.00. The monoisotopic (exact) mass is 468 g/mol. The number of ether oxygens (including phenoxy) is 1. The number of amides is 3. The standard InChI is InChI=1S/C25H32N4O5/c1-5-24(3,4)17-8-10-25(11-9-17)22(32)29(23(33)27-25)14-21(31)34-15-18-12-20(30)28-13-16(2)6-7-19(28)26-18/h6-7,12-13,17H,5,8-11,14-15H2,1-4H3,(H,27,33). The molecular weight excluding hydrogens is 436 g/mol. The number of hydrogen-bond acceptors (Lipinski definition) is 6. The maximum atomic E-state index is 13.1. The van der Waals surface area contributed by atoms with E-state index in [1.807, 2.05) is 13.0 Å². The van der Waals surface area contributed by atoms with Crippen LogP contribution < -0.4 is 10.9 Å². The molecule has 0 bridgehead atoms. The molecule has 34 heavy (non-hydrogen) atoms. The number of aryl methyl sites for hydroxylation is 1. The van der Waals surface area contributed by atoms with E-state index in [1.54, 1.807) is 12.3 Å². The Morgan fingerprint density at radius 1 is 1.24 bits per heavy atom. The Labute approximate surface area is 198 Å². The number of urea groups is 1. The first kappa shape index (κ1) is 23.9. The molecular formula is C25H32N4O5. The van der Waals surface area contributed by atoms with E-state index in [-0.39, 0.29) is 23.5 Å². The number of nitrogens with one attached hydrogen (secondary N) is 1. The minimum absolute atomic E-state index is 0.189. The number of aromatic nitrogens is 2. The highest BCUT2D eigenvalue weighted by Gasteiger charge is 2.53. The number of rotatable bonds is 6. The molecule has 2 aliphatic rings. The SMILES string of the molecule is CCC(C)(C)C1CCC2(CC1)NC(=O)N(CC(=O)OCc1cc(=O)n3cc(C)ccc3n1)C2=O. The molecule has 4 rings (SSSR count). The van der Waals surface area contributed by atoms with Crippen molar-refractivity contribution in [3.05, 3.63) is 46.0 Å². The smallest absolute Gasteiger partial charge is 0.326 e. The molecule has 1 N–H and O–H groups in total. The lowest BCUT2D eigenvalue weighted by atomic mass is 9.65. The predicted octanol–water partition coefficient (Wildman–Crippen LogP) is 2.96. The molecule has 1 saturated heterocycles. The molecule has 182 valence electrons. The zero-order valence-corrected chi connectivity index (χ0v) is 20.2. The van der Waals surface area contributed by atoms with Crippen LogP contribution in [0.15, 0.2) is 29.2 Å². The van der Waals surface area contributed by atoms with Gasteiger partial charge in [-0.25, -0.2) is 9.78 Å². The summed E-state index contributed by atoms with van der Waals surface area (Å²) >= 11 is 0. The normalized spacial score (nSPS) is 22.9. The Morgan fingerprint density at radius 2 is 1.94 bits per heavy atom. The van der Waals surface area contributed by atoms with Crippen molar-refractivity contribution in [1.82, 2.24) is 19.6 Å². The molecule has 3 heterocycles. The quantitative estimate of drug-likeness (QED) is 0.516. The summed E-state index contributed by atoms with van der Waals surface area (Å²) in [6.45, 7) is 7.84. The number of imide groups is 1. The van der Waals surface area contributed by atoms with E-state index in [4.69, 9.17) is 4.74 Å². The van der Waals surface area contributed by atoms with E-state index in [2.05, 4.69) is 31.1 Å². The van der Waals surface area contributed by atoms with E-state index < -0.39 is 24.1 Å². The first-order valence-corrected chi connectivity index (χ1v) is 11.8. The van der Waals surface area contributed by atoms with Gasteiger partial charge in [0.15, 0.2) is 0 Å². The summed E-state index contributed by atoms with van der Waals surface area (Å²) in [5, 5.41) is 2.84. The maximum Gasteiger partial charge on any atom is 0.326 e. The lowest BCUT2D eigenvalue weighted by molar-refractivity contribution is -0.149. The average Bonchev–Trinajstić information content (AvgIpc) is 3.02. The van der Waals surface area contributed by atoms with Crippen LogP contribution in [0.5, 0.6) is 0 Å². The largest absolute Gasteiger partial charge is 0.458 e. The fourth-order valence-corrected chi connectivity index (χ4v) is 5.00. The lowest BCUT2D eigenvalue weighted by Gasteiger charge is -2.42. The van der Waals surface area contributed by atoms with Crippen LogP contribution >= 0.6 is 0 Å². The predicted molar refractivity (Wildman–Crippen MR) is 125 cm³/mol. The van der Waals surface area contributed by atoms with E-state index in [0.29, 0.717) is 30.1 Å². The van der Waals surface area contributed by atoms with Gasteiger partial charge in [-0.05, 0) is 55.6 Å². The Bertz CT molecular complexity index is 1190. The number of nitrogens with zero attached hydrogens (tertiary/aromatic N) is 3. The summed E-state index contributed by atoms with van der Waals surface area (Å²) in [6.07, 6.45) is 5.59. The molecule has 2 fully saturated rings. The first-order chi connectivity index (χ1) is 16.0. The fraction of sp³-hybridized carbons (Fsp3) is 0.560. The van der Waals surface area contributed by atoms with Gasteiger partial charge in [0.25, 0.3) is 11.5 Å². The van der Waals surface area contributed by atoms with Crippen molar-refractivity contribution in [2.75, 3.05) is 6.54 Å². The van der Waals surface area contributed by atoms with Crippen molar-refractivity contribution in [2.24, 2.45) is 11.3 Å². The van der Waals surface area contributed by atoms with Gasteiger partial charge in [0, 0.05) is 12.3 Å². The summed E-state index contributed by atoms with van der Waals surface area (Å²) in [5.74, 6) is -0.596.